The second-order valence-corrected chi connectivity index (χ2v) is 6.91. The Morgan fingerprint density at radius 3 is 2.39 bits per heavy atom. The van der Waals surface area contributed by atoms with Crippen molar-refractivity contribution in [2.24, 2.45) is 0 Å². The minimum Gasteiger partial charge on any atom is -0.348 e. The number of amides is 1. The maximum atomic E-state index is 12.8. The van der Waals surface area contributed by atoms with E-state index in [4.69, 9.17) is 0 Å². The van der Waals surface area contributed by atoms with Crippen LogP contribution < -0.4 is 10.0 Å². The molecule has 0 saturated heterocycles. The number of rotatable bonds is 5. The molecular formula is C16H17FN2O3S. The molecule has 0 saturated carbocycles. The summed E-state index contributed by atoms with van der Waals surface area (Å²) in [5.74, 6) is -0.667. The van der Waals surface area contributed by atoms with Crippen molar-refractivity contribution >= 4 is 21.6 Å². The average Bonchev–Trinajstić information content (AvgIpc) is 2.47. The summed E-state index contributed by atoms with van der Waals surface area (Å²) in [7, 11) is -3.42. The van der Waals surface area contributed by atoms with E-state index in [9.17, 15) is 17.6 Å². The molecular weight excluding hydrogens is 319 g/mol. The van der Waals surface area contributed by atoms with E-state index in [1.165, 1.54) is 12.1 Å². The molecule has 23 heavy (non-hydrogen) atoms. The number of hydrogen-bond donors (Lipinski definition) is 2. The Morgan fingerprint density at radius 2 is 1.78 bits per heavy atom. The first kappa shape index (κ1) is 17.0. The fraction of sp³-hybridized carbons (Fsp3) is 0.188. The molecule has 0 fully saturated rings. The summed E-state index contributed by atoms with van der Waals surface area (Å²) in [6.07, 6.45) is 1.05. The van der Waals surface area contributed by atoms with Gasteiger partial charge in [-0.1, -0.05) is 18.2 Å². The van der Waals surface area contributed by atoms with E-state index in [1.807, 2.05) is 0 Å². The maximum Gasteiger partial charge on any atom is 0.251 e. The Hall–Kier alpha value is -2.41. The Balaban J connectivity index is 2.13. The number of carbonyl (C=O) groups is 1. The Bertz CT molecular complexity index is 818. The highest BCUT2D eigenvalue weighted by molar-refractivity contribution is 7.92. The molecule has 1 amide bonds. The first-order valence-corrected chi connectivity index (χ1v) is 8.75. The normalized spacial score (nSPS) is 11.1. The van der Waals surface area contributed by atoms with Crippen molar-refractivity contribution < 1.29 is 17.6 Å². The van der Waals surface area contributed by atoms with E-state index in [0.717, 1.165) is 11.8 Å². The van der Waals surface area contributed by atoms with Gasteiger partial charge in [-0.05, 0) is 42.3 Å². The molecule has 0 heterocycles. The van der Waals surface area contributed by atoms with Crippen molar-refractivity contribution in [1.29, 1.82) is 0 Å². The van der Waals surface area contributed by atoms with Crippen LogP contribution in [-0.2, 0) is 16.6 Å². The van der Waals surface area contributed by atoms with Crippen LogP contribution in [0.5, 0.6) is 0 Å². The highest BCUT2D eigenvalue weighted by atomic mass is 32.2. The third kappa shape index (κ3) is 4.79. The van der Waals surface area contributed by atoms with Gasteiger partial charge in [0.25, 0.3) is 5.91 Å². The minimum atomic E-state index is -3.42. The van der Waals surface area contributed by atoms with Crippen LogP contribution in [0.15, 0.2) is 42.5 Å². The summed E-state index contributed by atoms with van der Waals surface area (Å²) in [5, 5.41) is 2.73. The quantitative estimate of drug-likeness (QED) is 0.880. The Kier molecular flexibility index (Phi) is 5.00. The zero-order valence-corrected chi connectivity index (χ0v) is 13.6. The highest BCUT2D eigenvalue weighted by Crippen LogP contribution is 2.20. The van der Waals surface area contributed by atoms with Gasteiger partial charge in [-0.2, -0.15) is 0 Å². The number of benzene rings is 2. The van der Waals surface area contributed by atoms with Gasteiger partial charge >= 0.3 is 0 Å². The number of sulfonamides is 1. The maximum absolute atomic E-state index is 12.8. The molecule has 0 radical (unpaired) electrons. The van der Waals surface area contributed by atoms with Crippen LogP contribution in [0.3, 0.4) is 0 Å². The molecule has 122 valence electrons. The fourth-order valence-electron chi connectivity index (χ4n) is 2.07. The van der Waals surface area contributed by atoms with Crippen LogP contribution >= 0.6 is 0 Å². The van der Waals surface area contributed by atoms with Crippen LogP contribution in [0.25, 0.3) is 0 Å². The molecule has 2 aromatic rings. The molecule has 0 spiro atoms. The number of halogens is 1. The van der Waals surface area contributed by atoms with E-state index in [1.54, 1.807) is 37.3 Å². The van der Waals surface area contributed by atoms with Crippen LogP contribution in [-0.4, -0.2) is 20.6 Å². The summed E-state index contributed by atoms with van der Waals surface area (Å²) < 4.78 is 37.9. The topological polar surface area (TPSA) is 75.3 Å². The Morgan fingerprint density at radius 1 is 1.13 bits per heavy atom. The second kappa shape index (κ2) is 6.78. The lowest BCUT2D eigenvalue weighted by Crippen LogP contribution is -2.24. The molecule has 0 bridgehead atoms. The predicted molar refractivity (Wildman–Crippen MR) is 87.2 cm³/mol. The van der Waals surface area contributed by atoms with Gasteiger partial charge in [0.2, 0.25) is 10.0 Å². The molecule has 7 heteroatoms. The standard InChI is InChI=1S/C16H17FN2O3S/c1-11-14(4-3-5-15(11)19-23(2,21)22)16(20)18-10-12-6-8-13(17)9-7-12/h3-9,19H,10H2,1-2H3,(H,18,20). The van der Waals surface area contributed by atoms with Crippen LogP contribution in [0.4, 0.5) is 10.1 Å². The van der Waals surface area contributed by atoms with Gasteiger partial charge in [0, 0.05) is 12.1 Å². The van der Waals surface area contributed by atoms with Crippen molar-refractivity contribution in [3.63, 3.8) is 0 Å². The zero-order valence-electron chi connectivity index (χ0n) is 12.8. The van der Waals surface area contributed by atoms with Gasteiger partial charge in [-0.15, -0.1) is 0 Å². The van der Waals surface area contributed by atoms with E-state index >= 15 is 0 Å². The summed E-state index contributed by atoms with van der Waals surface area (Å²) in [6.45, 7) is 1.92. The number of anilines is 1. The van der Waals surface area contributed by atoms with E-state index in [2.05, 4.69) is 10.0 Å². The number of nitrogens with one attached hydrogen (secondary N) is 2. The van der Waals surface area contributed by atoms with Gasteiger partial charge in [0.1, 0.15) is 5.82 Å². The van der Waals surface area contributed by atoms with Crippen LogP contribution in [0, 0.1) is 12.7 Å². The van der Waals surface area contributed by atoms with Gasteiger partial charge < -0.3 is 5.32 Å². The number of carbonyl (C=O) groups excluding carboxylic acids is 1. The average molecular weight is 336 g/mol. The monoisotopic (exact) mass is 336 g/mol. The molecule has 0 aliphatic heterocycles. The summed E-state index contributed by atoms with van der Waals surface area (Å²) in [5.41, 5.74) is 2.04. The molecule has 0 aromatic heterocycles. The van der Waals surface area contributed by atoms with E-state index in [0.29, 0.717) is 16.8 Å². The first-order chi connectivity index (χ1) is 10.8. The second-order valence-electron chi connectivity index (χ2n) is 5.16. The molecule has 2 rings (SSSR count). The molecule has 0 unspecified atom stereocenters. The van der Waals surface area contributed by atoms with Crippen LogP contribution in [0.1, 0.15) is 21.5 Å². The van der Waals surface area contributed by atoms with Crippen molar-refractivity contribution in [2.45, 2.75) is 13.5 Å². The van der Waals surface area contributed by atoms with Crippen LogP contribution in [0.2, 0.25) is 0 Å². The van der Waals surface area contributed by atoms with Crippen molar-refractivity contribution in [2.75, 3.05) is 11.0 Å². The third-order valence-electron chi connectivity index (χ3n) is 3.24. The Labute approximate surface area is 134 Å². The van der Waals surface area contributed by atoms with Gasteiger partial charge in [-0.25, -0.2) is 12.8 Å². The lowest BCUT2D eigenvalue weighted by Gasteiger charge is -2.12. The molecule has 0 atom stereocenters. The van der Waals surface area contributed by atoms with Gasteiger partial charge in [-0.3, -0.25) is 9.52 Å². The molecule has 5 nitrogen and oxygen atoms in total. The highest BCUT2D eigenvalue weighted by Gasteiger charge is 2.13. The molecule has 2 N–H and O–H groups in total. The van der Waals surface area contributed by atoms with Gasteiger partial charge in [0.15, 0.2) is 0 Å². The van der Waals surface area contributed by atoms with Gasteiger partial charge in [0.05, 0.1) is 11.9 Å². The number of hydrogen-bond acceptors (Lipinski definition) is 3. The van der Waals surface area contributed by atoms with Crippen molar-refractivity contribution in [1.82, 2.24) is 5.32 Å². The molecule has 2 aromatic carbocycles. The van der Waals surface area contributed by atoms with E-state index in [-0.39, 0.29) is 18.3 Å². The fourth-order valence-corrected chi connectivity index (χ4v) is 2.69. The lowest BCUT2D eigenvalue weighted by molar-refractivity contribution is 0.0950. The van der Waals surface area contributed by atoms with Crippen molar-refractivity contribution in [3.8, 4) is 0 Å². The van der Waals surface area contributed by atoms with E-state index < -0.39 is 10.0 Å². The SMILES string of the molecule is Cc1c(NS(C)(=O)=O)cccc1C(=O)NCc1ccc(F)cc1. The summed E-state index contributed by atoms with van der Waals surface area (Å²) in [4.78, 5) is 12.3. The zero-order chi connectivity index (χ0) is 17.0. The predicted octanol–water partition coefficient (Wildman–Crippen LogP) is 2.44. The molecule has 0 aliphatic rings. The summed E-state index contributed by atoms with van der Waals surface area (Å²) in [6, 6.07) is 10.6. The minimum absolute atomic E-state index is 0.252. The summed E-state index contributed by atoms with van der Waals surface area (Å²) >= 11 is 0. The largest absolute Gasteiger partial charge is 0.348 e. The molecule has 0 aliphatic carbocycles. The smallest absolute Gasteiger partial charge is 0.251 e. The lowest BCUT2D eigenvalue weighted by atomic mass is 10.1. The first-order valence-electron chi connectivity index (χ1n) is 6.86. The van der Waals surface area contributed by atoms with Crippen molar-refractivity contribution in [3.05, 3.63) is 65.0 Å². The third-order valence-corrected chi connectivity index (χ3v) is 3.83.